The molecule has 4 nitrogen and oxygen atoms in total. The zero-order valence-corrected chi connectivity index (χ0v) is 10.7. The molecule has 0 spiro atoms. The average molecular weight is 227 g/mol. The smallest absolute Gasteiger partial charge is 0.357 e. The minimum Gasteiger partial charge on any atom is -0.424 e. The van der Waals surface area contributed by atoms with Gasteiger partial charge < -0.3 is 14.2 Å². The van der Waals surface area contributed by atoms with Crippen LogP contribution in [-0.2, 0) is 14.2 Å². The molecule has 3 atom stereocenters. The molecule has 16 heavy (non-hydrogen) atoms. The highest BCUT2D eigenvalue weighted by Gasteiger charge is 2.74. The first-order valence-electron chi connectivity index (χ1n) is 6.00. The lowest BCUT2D eigenvalue weighted by Crippen LogP contribution is -2.74. The van der Waals surface area contributed by atoms with Gasteiger partial charge in [-0.05, 0) is 12.3 Å². The maximum atomic E-state index is 5.83. The Balaban J connectivity index is 2.33. The summed E-state index contributed by atoms with van der Waals surface area (Å²) in [6.07, 6.45) is 2.06. The third kappa shape index (κ3) is 1.26. The van der Waals surface area contributed by atoms with Gasteiger partial charge in [-0.15, -0.1) is 0 Å². The summed E-state index contributed by atoms with van der Waals surface area (Å²) in [5.41, 5.74) is -0.339. The number of rotatable bonds is 4. The van der Waals surface area contributed by atoms with Crippen LogP contribution in [0, 0.1) is 5.92 Å². The summed E-state index contributed by atoms with van der Waals surface area (Å²) in [7, 11) is 1.62. The Morgan fingerprint density at radius 2 is 2.19 bits per heavy atom. The number of methoxy groups -OCH3 is 1. The van der Waals surface area contributed by atoms with Gasteiger partial charge in [0.05, 0.1) is 0 Å². The van der Waals surface area contributed by atoms with E-state index in [-0.39, 0.29) is 11.6 Å². The first-order valence-corrected chi connectivity index (χ1v) is 6.00. The van der Waals surface area contributed by atoms with Gasteiger partial charge in [0.25, 0.3) is 0 Å². The Kier molecular flexibility index (Phi) is 2.75. The van der Waals surface area contributed by atoms with Crippen molar-refractivity contribution in [1.29, 1.82) is 0 Å². The van der Waals surface area contributed by atoms with E-state index in [0.717, 1.165) is 12.8 Å². The van der Waals surface area contributed by atoms with E-state index in [2.05, 4.69) is 25.8 Å². The summed E-state index contributed by atoms with van der Waals surface area (Å²) in [5, 5.41) is 0. The first kappa shape index (κ1) is 11.9. The van der Waals surface area contributed by atoms with Gasteiger partial charge in [-0.25, -0.2) is 4.99 Å². The molecule has 0 aromatic rings. The van der Waals surface area contributed by atoms with Crippen molar-refractivity contribution >= 4 is 5.90 Å². The topological polar surface area (TPSA) is 40.0 Å². The molecule has 2 rings (SSSR count). The van der Waals surface area contributed by atoms with E-state index in [1.54, 1.807) is 7.11 Å². The third-order valence-corrected chi connectivity index (χ3v) is 3.43. The van der Waals surface area contributed by atoms with Gasteiger partial charge in [0.1, 0.15) is 6.10 Å². The monoisotopic (exact) mass is 227 g/mol. The van der Waals surface area contributed by atoms with Crippen LogP contribution in [0.3, 0.4) is 0 Å². The second kappa shape index (κ2) is 3.70. The van der Waals surface area contributed by atoms with E-state index in [0.29, 0.717) is 11.8 Å². The number of aliphatic imine (C=N–C) groups is 1. The quantitative estimate of drug-likeness (QED) is 0.740. The van der Waals surface area contributed by atoms with Gasteiger partial charge >= 0.3 is 5.97 Å². The Labute approximate surface area is 97.0 Å². The third-order valence-electron chi connectivity index (χ3n) is 3.43. The highest BCUT2D eigenvalue weighted by molar-refractivity contribution is 5.76. The molecule has 1 fully saturated rings. The van der Waals surface area contributed by atoms with Crippen molar-refractivity contribution in [3.8, 4) is 0 Å². The predicted octanol–water partition coefficient (Wildman–Crippen LogP) is 2.33. The molecule has 4 heteroatoms. The summed E-state index contributed by atoms with van der Waals surface area (Å²) < 4.78 is 16.9. The van der Waals surface area contributed by atoms with Gasteiger partial charge in [-0.3, -0.25) is 0 Å². The van der Waals surface area contributed by atoms with Gasteiger partial charge in [-0.2, -0.15) is 0 Å². The molecule has 0 aromatic heterocycles. The lowest BCUT2D eigenvalue weighted by molar-refractivity contribution is -0.467. The molecule has 0 unspecified atom stereocenters. The fraction of sp³-hybridized carbons (Fsp3) is 0.917. The zero-order valence-electron chi connectivity index (χ0n) is 10.7. The minimum absolute atomic E-state index is 0.0878. The molecule has 92 valence electrons. The van der Waals surface area contributed by atoms with Crippen LogP contribution in [0.25, 0.3) is 0 Å². The second-order valence-corrected chi connectivity index (χ2v) is 4.95. The van der Waals surface area contributed by atoms with Crippen molar-refractivity contribution in [2.45, 2.75) is 58.2 Å². The highest BCUT2D eigenvalue weighted by atomic mass is 16.9. The van der Waals surface area contributed by atoms with Gasteiger partial charge in [0, 0.05) is 14.0 Å². The summed E-state index contributed by atoms with van der Waals surface area (Å²) >= 11 is 0. The largest absolute Gasteiger partial charge is 0.424 e. The summed E-state index contributed by atoms with van der Waals surface area (Å²) in [4.78, 5) is 4.67. The fourth-order valence-electron chi connectivity index (χ4n) is 2.91. The van der Waals surface area contributed by atoms with Crippen LogP contribution >= 0.6 is 0 Å². The Bertz CT molecular complexity index is 315. The molecule has 0 aromatic carbocycles. The first-order chi connectivity index (χ1) is 7.51. The molecule has 0 saturated carbocycles. The minimum atomic E-state index is -0.956. The van der Waals surface area contributed by atoms with Crippen LogP contribution < -0.4 is 0 Å². The van der Waals surface area contributed by atoms with Crippen molar-refractivity contribution in [3.05, 3.63) is 0 Å². The van der Waals surface area contributed by atoms with Crippen LogP contribution in [0.1, 0.15) is 40.5 Å². The summed E-state index contributed by atoms with van der Waals surface area (Å²) in [6, 6.07) is 0. The maximum Gasteiger partial charge on any atom is 0.357 e. The number of ether oxygens (including phenoxy) is 3. The van der Waals surface area contributed by atoms with Gasteiger partial charge in [0.2, 0.25) is 0 Å². The molecule has 1 saturated heterocycles. The van der Waals surface area contributed by atoms with E-state index in [4.69, 9.17) is 14.2 Å². The molecular weight excluding hydrogens is 206 g/mol. The van der Waals surface area contributed by atoms with Crippen LogP contribution in [0.5, 0.6) is 0 Å². The van der Waals surface area contributed by atoms with Crippen molar-refractivity contribution in [1.82, 2.24) is 0 Å². The molecule has 0 bridgehead atoms. The standard InChI is InChI=1S/C12H21NO3/c1-6-7-11-10(8(2)3)16-12(11,14-5)15-9(4)13-11/h8,10H,6-7H2,1-5H3/t10-,11+,12-/m1/s1. The SMILES string of the molecule is CCC[C@@]12N=C(C)O[C@@]1(OC)O[C@@H]2C(C)C. The number of hydrogen-bond donors (Lipinski definition) is 0. The van der Waals surface area contributed by atoms with Crippen LogP contribution in [-0.4, -0.2) is 30.6 Å². The molecule has 2 aliphatic rings. The normalized spacial score (nSPS) is 41.4. The molecule has 0 radical (unpaired) electrons. The fourth-order valence-corrected chi connectivity index (χ4v) is 2.91. The lowest BCUT2D eigenvalue weighted by atomic mass is 9.75. The van der Waals surface area contributed by atoms with Crippen molar-refractivity contribution in [2.75, 3.05) is 7.11 Å². The van der Waals surface area contributed by atoms with E-state index >= 15 is 0 Å². The molecule has 0 N–H and O–H groups in total. The molecule has 2 aliphatic heterocycles. The predicted molar refractivity (Wildman–Crippen MR) is 61.3 cm³/mol. The summed E-state index contributed by atoms with van der Waals surface area (Å²) in [6.45, 7) is 8.29. The zero-order chi connectivity index (χ0) is 12.0. The van der Waals surface area contributed by atoms with Crippen molar-refractivity contribution in [3.63, 3.8) is 0 Å². The molecular formula is C12H21NO3. The van der Waals surface area contributed by atoms with Crippen LogP contribution in [0.15, 0.2) is 4.99 Å². The highest BCUT2D eigenvalue weighted by Crippen LogP contribution is 2.55. The number of hydrogen-bond acceptors (Lipinski definition) is 4. The van der Waals surface area contributed by atoms with E-state index in [9.17, 15) is 0 Å². The van der Waals surface area contributed by atoms with E-state index in [1.807, 2.05) is 6.92 Å². The van der Waals surface area contributed by atoms with Crippen molar-refractivity contribution < 1.29 is 14.2 Å². The Morgan fingerprint density at radius 1 is 1.50 bits per heavy atom. The molecule has 2 heterocycles. The maximum absolute atomic E-state index is 5.83. The van der Waals surface area contributed by atoms with Gasteiger partial charge in [-0.1, -0.05) is 27.2 Å². The average Bonchev–Trinajstić information content (AvgIpc) is 2.40. The summed E-state index contributed by atoms with van der Waals surface area (Å²) in [5.74, 6) is 0.119. The molecule has 0 aliphatic carbocycles. The molecule has 0 amide bonds. The van der Waals surface area contributed by atoms with Crippen LogP contribution in [0.2, 0.25) is 0 Å². The lowest BCUT2D eigenvalue weighted by Gasteiger charge is -2.56. The van der Waals surface area contributed by atoms with E-state index in [1.165, 1.54) is 0 Å². The number of nitrogens with zero attached hydrogens (tertiary/aromatic N) is 1. The van der Waals surface area contributed by atoms with E-state index < -0.39 is 5.97 Å². The van der Waals surface area contributed by atoms with Crippen molar-refractivity contribution in [2.24, 2.45) is 10.9 Å². The Hall–Kier alpha value is -0.610. The van der Waals surface area contributed by atoms with Gasteiger partial charge in [0.15, 0.2) is 11.4 Å². The van der Waals surface area contributed by atoms with Crippen LogP contribution in [0.4, 0.5) is 0 Å². The number of fused-ring (bicyclic) bond motifs is 1. The Morgan fingerprint density at radius 3 is 2.69 bits per heavy atom. The second-order valence-electron chi connectivity index (χ2n) is 4.95.